The maximum atomic E-state index is 12.1. The second-order valence-electron chi connectivity index (χ2n) is 4.59. The number of H-pyrrole nitrogens is 1. The molecule has 1 atom stereocenters. The first-order valence-corrected chi connectivity index (χ1v) is 5.73. The van der Waals surface area contributed by atoms with Crippen molar-refractivity contribution in [2.75, 3.05) is 27.2 Å². The van der Waals surface area contributed by atoms with E-state index in [0.29, 0.717) is 11.7 Å². The van der Waals surface area contributed by atoms with Gasteiger partial charge in [0, 0.05) is 25.2 Å². The van der Waals surface area contributed by atoms with Gasteiger partial charge in [-0.05, 0) is 26.6 Å². The van der Waals surface area contributed by atoms with Gasteiger partial charge in [0.15, 0.2) is 0 Å². The van der Waals surface area contributed by atoms with Gasteiger partial charge in [-0.15, -0.1) is 0 Å². The van der Waals surface area contributed by atoms with Crippen LogP contribution < -0.4 is 5.56 Å². The number of rotatable bonds is 2. The molecule has 1 aromatic rings. The summed E-state index contributed by atoms with van der Waals surface area (Å²) in [6.45, 7) is 1.47. The Labute approximate surface area is 100 Å². The number of nitrogens with zero attached hydrogens (tertiary/aromatic N) is 2. The van der Waals surface area contributed by atoms with Crippen molar-refractivity contribution < 1.29 is 4.79 Å². The summed E-state index contributed by atoms with van der Waals surface area (Å²) in [7, 11) is 4.03. The summed E-state index contributed by atoms with van der Waals surface area (Å²) in [6.07, 6.45) is 0.982. The van der Waals surface area contributed by atoms with Crippen molar-refractivity contribution in [2.45, 2.75) is 12.5 Å². The fraction of sp³-hybridized carbons (Fsp3) is 0.500. The standard InChI is InChI=1S/C12H17N3O2/c1-14(2)9-6-7-15(8-9)12(17)10-4-3-5-11(16)13-10/h3-5,9H,6-8H2,1-2H3,(H,13,16). The topological polar surface area (TPSA) is 56.4 Å². The van der Waals surface area contributed by atoms with E-state index in [1.807, 2.05) is 14.1 Å². The Balaban J connectivity index is 2.10. The molecule has 1 unspecified atom stereocenters. The number of carbonyl (C=O) groups excluding carboxylic acids is 1. The number of likely N-dealkylation sites (N-methyl/N-ethyl adjacent to an activating group) is 1. The first-order chi connectivity index (χ1) is 8.08. The minimum Gasteiger partial charge on any atom is -0.336 e. The Hall–Kier alpha value is -1.62. The van der Waals surface area contributed by atoms with Gasteiger partial charge in [-0.3, -0.25) is 9.59 Å². The lowest BCUT2D eigenvalue weighted by Gasteiger charge is -2.20. The lowest BCUT2D eigenvalue weighted by atomic mass is 10.2. The average molecular weight is 235 g/mol. The molecule has 1 aliphatic rings. The quantitative estimate of drug-likeness (QED) is 0.794. The minimum absolute atomic E-state index is 0.0907. The summed E-state index contributed by atoms with van der Waals surface area (Å²) in [5, 5.41) is 0. The van der Waals surface area contributed by atoms with E-state index < -0.39 is 0 Å². The number of likely N-dealkylation sites (tertiary alicyclic amines) is 1. The number of carbonyl (C=O) groups is 1. The third kappa shape index (κ3) is 2.55. The zero-order chi connectivity index (χ0) is 12.4. The van der Waals surface area contributed by atoms with Crippen molar-refractivity contribution in [2.24, 2.45) is 0 Å². The summed E-state index contributed by atoms with van der Waals surface area (Å²) in [5.41, 5.74) is 0.135. The van der Waals surface area contributed by atoms with Gasteiger partial charge in [-0.25, -0.2) is 0 Å². The van der Waals surface area contributed by atoms with Crippen molar-refractivity contribution in [3.63, 3.8) is 0 Å². The van der Waals surface area contributed by atoms with E-state index >= 15 is 0 Å². The number of aromatic nitrogens is 1. The Morgan fingerprint density at radius 2 is 2.24 bits per heavy atom. The molecule has 1 N–H and O–H groups in total. The molecule has 0 saturated carbocycles. The van der Waals surface area contributed by atoms with Crippen LogP contribution in [0.15, 0.2) is 23.0 Å². The Morgan fingerprint density at radius 1 is 1.47 bits per heavy atom. The minimum atomic E-state index is -0.237. The maximum Gasteiger partial charge on any atom is 0.270 e. The van der Waals surface area contributed by atoms with Crippen molar-refractivity contribution in [1.82, 2.24) is 14.8 Å². The van der Waals surface area contributed by atoms with Crippen LogP contribution in [0.1, 0.15) is 16.9 Å². The number of nitrogens with one attached hydrogen (secondary N) is 1. The normalized spacial score (nSPS) is 19.9. The summed E-state index contributed by atoms with van der Waals surface area (Å²) in [6, 6.07) is 5.07. The van der Waals surface area contributed by atoms with Crippen LogP contribution >= 0.6 is 0 Å². The molecule has 5 heteroatoms. The molecule has 2 heterocycles. The van der Waals surface area contributed by atoms with Crippen molar-refractivity contribution in [1.29, 1.82) is 0 Å². The second kappa shape index (κ2) is 4.71. The summed E-state index contributed by atoms with van der Waals surface area (Å²) < 4.78 is 0. The maximum absolute atomic E-state index is 12.1. The SMILES string of the molecule is CN(C)C1CCN(C(=O)c2cccc(=O)[nH]2)C1. The second-order valence-corrected chi connectivity index (χ2v) is 4.59. The first kappa shape index (κ1) is 11.9. The van der Waals surface area contributed by atoms with Gasteiger partial charge in [0.2, 0.25) is 5.56 Å². The fourth-order valence-electron chi connectivity index (χ4n) is 2.09. The van der Waals surface area contributed by atoms with Crippen LogP contribution in [0.3, 0.4) is 0 Å². The Morgan fingerprint density at radius 3 is 2.82 bits per heavy atom. The van der Waals surface area contributed by atoms with Crippen LogP contribution in [0.5, 0.6) is 0 Å². The van der Waals surface area contributed by atoms with Gasteiger partial charge in [-0.2, -0.15) is 0 Å². The predicted octanol–water partition coefficient (Wildman–Crippen LogP) is 0.151. The molecule has 92 valence electrons. The molecule has 0 radical (unpaired) electrons. The Kier molecular flexibility index (Phi) is 3.28. The number of amides is 1. The highest BCUT2D eigenvalue weighted by Gasteiger charge is 2.28. The molecule has 5 nitrogen and oxygen atoms in total. The highest BCUT2D eigenvalue weighted by molar-refractivity contribution is 5.92. The van der Waals surface area contributed by atoms with Gasteiger partial charge in [-0.1, -0.05) is 6.07 Å². The van der Waals surface area contributed by atoms with Crippen molar-refractivity contribution in [3.05, 3.63) is 34.2 Å². The van der Waals surface area contributed by atoms with Crippen LogP contribution in [0, 0.1) is 0 Å². The van der Waals surface area contributed by atoms with Crippen LogP contribution in [-0.4, -0.2) is 53.9 Å². The van der Waals surface area contributed by atoms with Crippen LogP contribution in [0.25, 0.3) is 0 Å². The van der Waals surface area contributed by atoms with Gasteiger partial charge in [0.25, 0.3) is 5.91 Å². The molecule has 0 aliphatic carbocycles. The largest absolute Gasteiger partial charge is 0.336 e. The van der Waals surface area contributed by atoms with Gasteiger partial charge >= 0.3 is 0 Å². The zero-order valence-electron chi connectivity index (χ0n) is 10.1. The van der Waals surface area contributed by atoms with Gasteiger partial charge in [0.05, 0.1) is 0 Å². The molecule has 0 bridgehead atoms. The van der Waals surface area contributed by atoms with E-state index in [1.54, 1.807) is 17.0 Å². The Bertz CT molecular complexity index is 467. The summed E-state index contributed by atoms with van der Waals surface area (Å²) >= 11 is 0. The lowest BCUT2D eigenvalue weighted by molar-refractivity contribution is 0.0777. The number of aromatic amines is 1. The molecule has 1 aliphatic heterocycles. The van der Waals surface area contributed by atoms with Crippen LogP contribution in [-0.2, 0) is 0 Å². The molecule has 17 heavy (non-hydrogen) atoms. The smallest absolute Gasteiger partial charge is 0.270 e. The summed E-state index contributed by atoms with van der Waals surface area (Å²) in [4.78, 5) is 29.7. The highest BCUT2D eigenvalue weighted by atomic mass is 16.2. The molecule has 1 amide bonds. The van der Waals surface area contributed by atoms with E-state index in [4.69, 9.17) is 0 Å². The van der Waals surface area contributed by atoms with E-state index in [0.717, 1.165) is 19.5 Å². The van der Waals surface area contributed by atoms with Crippen LogP contribution in [0.4, 0.5) is 0 Å². The van der Waals surface area contributed by atoms with Crippen molar-refractivity contribution >= 4 is 5.91 Å². The van der Waals surface area contributed by atoms with E-state index in [-0.39, 0.29) is 11.5 Å². The van der Waals surface area contributed by atoms with E-state index in [1.165, 1.54) is 6.07 Å². The summed E-state index contributed by atoms with van der Waals surface area (Å²) in [5.74, 6) is -0.0907. The molecule has 2 rings (SSSR count). The molecule has 1 aromatic heterocycles. The predicted molar refractivity (Wildman–Crippen MR) is 65.1 cm³/mol. The zero-order valence-corrected chi connectivity index (χ0v) is 10.1. The highest BCUT2D eigenvalue weighted by Crippen LogP contribution is 2.15. The lowest BCUT2D eigenvalue weighted by Crippen LogP contribution is -2.35. The fourth-order valence-corrected chi connectivity index (χ4v) is 2.09. The van der Waals surface area contributed by atoms with Crippen LogP contribution in [0.2, 0.25) is 0 Å². The average Bonchev–Trinajstić information content (AvgIpc) is 2.77. The molecule has 0 aromatic carbocycles. The van der Waals surface area contributed by atoms with Gasteiger partial charge in [0.1, 0.15) is 5.69 Å². The third-order valence-corrected chi connectivity index (χ3v) is 3.18. The van der Waals surface area contributed by atoms with Crippen molar-refractivity contribution in [3.8, 4) is 0 Å². The number of hydrogen-bond acceptors (Lipinski definition) is 3. The number of pyridine rings is 1. The third-order valence-electron chi connectivity index (χ3n) is 3.18. The molecule has 0 spiro atoms. The molecular weight excluding hydrogens is 218 g/mol. The molecule has 1 saturated heterocycles. The molecular formula is C12H17N3O2. The molecule has 1 fully saturated rings. The first-order valence-electron chi connectivity index (χ1n) is 5.73. The number of hydrogen-bond donors (Lipinski definition) is 1. The van der Waals surface area contributed by atoms with E-state index in [2.05, 4.69) is 9.88 Å². The van der Waals surface area contributed by atoms with E-state index in [9.17, 15) is 9.59 Å². The monoisotopic (exact) mass is 235 g/mol. The van der Waals surface area contributed by atoms with Gasteiger partial charge < -0.3 is 14.8 Å².